The lowest BCUT2D eigenvalue weighted by Gasteiger charge is -2.15. The Bertz CT molecular complexity index is 813. The van der Waals surface area contributed by atoms with Crippen LogP contribution in [0.4, 0.5) is 0 Å². The van der Waals surface area contributed by atoms with Gasteiger partial charge >= 0.3 is 0 Å². The number of aryl methyl sites for hydroxylation is 1. The van der Waals surface area contributed by atoms with Gasteiger partial charge in [-0.2, -0.15) is 0 Å². The Morgan fingerprint density at radius 3 is 3.00 bits per heavy atom. The molecule has 5 nitrogen and oxygen atoms in total. The molecule has 1 aromatic heterocycles. The van der Waals surface area contributed by atoms with E-state index < -0.39 is 0 Å². The van der Waals surface area contributed by atoms with Crippen molar-refractivity contribution < 1.29 is 9.59 Å². The van der Waals surface area contributed by atoms with Crippen LogP contribution in [0.2, 0.25) is 0 Å². The third-order valence-corrected chi connectivity index (χ3v) is 5.72. The molecule has 2 heterocycles. The summed E-state index contributed by atoms with van der Waals surface area (Å²) in [7, 11) is 0. The van der Waals surface area contributed by atoms with Crippen LogP contribution in [0.15, 0.2) is 29.6 Å². The average molecular weight is 355 g/mol. The molecule has 0 bridgehead atoms. The van der Waals surface area contributed by atoms with Gasteiger partial charge in [-0.05, 0) is 25.8 Å². The molecule has 2 aromatic rings. The van der Waals surface area contributed by atoms with Gasteiger partial charge in [0.2, 0.25) is 11.8 Å². The predicted octanol–water partition coefficient (Wildman–Crippen LogP) is 2.75. The summed E-state index contributed by atoms with van der Waals surface area (Å²) in [5, 5.41) is 5.89. The van der Waals surface area contributed by atoms with Crippen LogP contribution in [0.25, 0.3) is 10.6 Å². The van der Waals surface area contributed by atoms with Gasteiger partial charge in [-0.15, -0.1) is 11.3 Å². The highest BCUT2D eigenvalue weighted by Gasteiger charge is 2.41. The van der Waals surface area contributed by atoms with Gasteiger partial charge < -0.3 is 10.2 Å². The lowest BCUT2D eigenvalue weighted by atomic mass is 10.1. The van der Waals surface area contributed by atoms with Gasteiger partial charge in [0.1, 0.15) is 5.01 Å². The van der Waals surface area contributed by atoms with Crippen LogP contribution in [0, 0.1) is 12.8 Å². The maximum absolute atomic E-state index is 12.4. The van der Waals surface area contributed by atoms with Crippen molar-refractivity contribution >= 4 is 23.2 Å². The predicted molar refractivity (Wildman–Crippen MR) is 97.0 cm³/mol. The summed E-state index contributed by atoms with van der Waals surface area (Å²) < 4.78 is 0. The first-order chi connectivity index (χ1) is 12.1. The number of amides is 2. The minimum Gasteiger partial charge on any atom is -0.350 e. The molecule has 1 aliphatic carbocycles. The molecule has 1 saturated carbocycles. The lowest BCUT2D eigenvalue weighted by Crippen LogP contribution is -2.33. The summed E-state index contributed by atoms with van der Waals surface area (Å²) in [6.45, 7) is 3.04. The Balaban J connectivity index is 1.34. The quantitative estimate of drug-likeness (QED) is 0.897. The molecule has 1 aliphatic heterocycles. The van der Waals surface area contributed by atoms with Gasteiger partial charge in [-0.25, -0.2) is 4.98 Å². The lowest BCUT2D eigenvalue weighted by molar-refractivity contribution is -0.129. The molecule has 1 saturated heterocycles. The molecule has 1 atom stereocenters. The number of thiazole rings is 1. The second-order valence-electron chi connectivity index (χ2n) is 6.91. The number of carbonyl (C=O) groups is 2. The summed E-state index contributed by atoms with van der Waals surface area (Å²) in [5.74, 6) is -0.136. The fourth-order valence-corrected chi connectivity index (χ4v) is 4.08. The molecular weight excluding hydrogens is 334 g/mol. The zero-order valence-electron chi connectivity index (χ0n) is 14.2. The van der Waals surface area contributed by atoms with E-state index in [1.165, 1.54) is 5.56 Å². The molecular formula is C19H21N3O2S. The van der Waals surface area contributed by atoms with Gasteiger partial charge in [0.25, 0.3) is 0 Å². The van der Waals surface area contributed by atoms with Crippen LogP contribution >= 0.6 is 11.3 Å². The minimum absolute atomic E-state index is 0.0402. The molecule has 1 aromatic carbocycles. The number of likely N-dealkylation sites (tertiary alicyclic amines) is 1. The highest BCUT2D eigenvalue weighted by atomic mass is 32.1. The van der Waals surface area contributed by atoms with Crippen molar-refractivity contribution in [2.24, 2.45) is 5.92 Å². The highest BCUT2D eigenvalue weighted by molar-refractivity contribution is 7.13. The number of hydrogen-bond acceptors (Lipinski definition) is 4. The van der Waals surface area contributed by atoms with E-state index in [9.17, 15) is 9.59 Å². The molecule has 2 amide bonds. The standard InChI is InChI=1S/C19H21N3O2S/c1-12-3-2-4-13(7-12)19-21-15(11-25-19)9-20-18(24)14-8-17(23)22(10-14)16-5-6-16/h2-4,7,11,14,16H,5-6,8-10H2,1H3,(H,20,24)/t14-/m0/s1. The van der Waals surface area contributed by atoms with Crippen molar-refractivity contribution in [3.05, 3.63) is 40.9 Å². The number of nitrogens with zero attached hydrogens (tertiary/aromatic N) is 2. The monoisotopic (exact) mass is 355 g/mol. The van der Waals surface area contributed by atoms with E-state index in [0.29, 0.717) is 25.6 Å². The van der Waals surface area contributed by atoms with Crippen LogP contribution in [0.5, 0.6) is 0 Å². The Labute approximate surface area is 151 Å². The summed E-state index contributed by atoms with van der Waals surface area (Å²) in [6, 6.07) is 8.63. The van der Waals surface area contributed by atoms with Crippen molar-refractivity contribution in [2.75, 3.05) is 6.54 Å². The Morgan fingerprint density at radius 1 is 1.40 bits per heavy atom. The molecule has 6 heteroatoms. The van der Waals surface area contributed by atoms with Gasteiger partial charge in [-0.1, -0.05) is 23.8 Å². The molecule has 4 rings (SSSR count). The van der Waals surface area contributed by atoms with Crippen molar-refractivity contribution in [1.29, 1.82) is 0 Å². The van der Waals surface area contributed by atoms with Crippen LogP contribution < -0.4 is 5.32 Å². The second-order valence-corrected chi connectivity index (χ2v) is 7.77. The number of aromatic nitrogens is 1. The number of nitrogens with one attached hydrogen (secondary N) is 1. The first-order valence-electron chi connectivity index (χ1n) is 8.69. The summed E-state index contributed by atoms with van der Waals surface area (Å²) in [5.41, 5.74) is 3.16. The van der Waals surface area contributed by atoms with E-state index in [4.69, 9.17) is 0 Å². The normalized spacial score (nSPS) is 20.1. The molecule has 130 valence electrons. The van der Waals surface area contributed by atoms with Gasteiger partial charge in [0.15, 0.2) is 0 Å². The van der Waals surface area contributed by atoms with E-state index in [1.807, 2.05) is 22.4 Å². The first-order valence-corrected chi connectivity index (χ1v) is 9.57. The average Bonchev–Trinajstić information content (AvgIpc) is 3.19. The van der Waals surface area contributed by atoms with E-state index in [1.54, 1.807) is 11.3 Å². The zero-order chi connectivity index (χ0) is 17.4. The van der Waals surface area contributed by atoms with E-state index in [2.05, 4.69) is 29.4 Å². The second kappa shape index (κ2) is 6.59. The van der Waals surface area contributed by atoms with Crippen molar-refractivity contribution in [3.63, 3.8) is 0 Å². The summed E-state index contributed by atoms with van der Waals surface area (Å²) in [6.07, 6.45) is 2.51. The Hall–Kier alpha value is -2.21. The number of carbonyl (C=O) groups excluding carboxylic acids is 2. The van der Waals surface area contributed by atoms with Crippen molar-refractivity contribution in [3.8, 4) is 10.6 Å². The van der Waals surface area contributed by atoms with Crippen LogP contribution in [-0.4, -0.2) is 34.3 Å². The fraction of sp³-hybridized carbons (Fsp3) is 0.421. The summed E-state index contributed by atoms with van der Waals surface area (Å²) in [4.78, 5) is 30.8. The van der Waals surface area contributed by atoms with Gasteiger partial charge in [-0.3, -0.25) is 9.59 Å². The molecule has 0 radical (unpaired) electrons. The van der Waals surface area contributed by atoms with Crippen molar-refractivity contribution in [2.45, 2.75) is 38.8 Å². The van der Waals surface area contributed by atoms with Gasteiger partial charge in [0.05, 0.1) is 18.2 Å². The third kappa shape index (κ3) is 3.58. The van der Waals surface area contributed by atoms with Crippen molar-refractivity contribution in [1.82, 2.24) is 15.2 Å². The summed E-state index contributed by atoms with van der Waals surface area (Å²) >= 11 is 1.58. The van der Waals surface area contributed by atoms with Gasteiger partial charge in [0, 0.05) is 30.0 Å². The van der Waals surface area contributed by atoms with Crippen LogP contribution in [0.3, 0.4) is 0 Å². The van der Waals surface area contributed by atoms with E-state index in [-0.39, 0.29) is 17.7 Å². The Kier molecular flexibility index (Phi) is 4.29. The third-order valence-electron chi connectivity index (χ3n) is 4.78. The highest BCUT2D eigenvalue weighted by Crippen LogP contribution is 2.32. The minimum atomic E-state index is -0.219. The van der Waals surface area contributed by atoms with Crippen LogP contribution in [-0.2, 0) is 16.1 Å². The zero-order valence-corrected chi connectivity index (χ0v) is 15.0. The molecule has 0 unspecified atom stereocenters. The fourth-order valence-electron chi connectivity index (χ4n) is 3.27. The number of hydrogen-bond donors (Lipinski definition) is 1. The SMILES string of the molecule is Cc1cccc(-c2nc(CNC(=O)[C@H]3CC(=O)N(C4CC4)C3)cs2)c1. The smallest absolute Gasteiger partial charge is 0.225 e. The number of rotatable bonds is 5. The first kappa shape index (κ1) is 16.3. The Morgan fingerprint density at radius 2 is 2.24 bits per heavy atom. The molecule has 2 aliphatic rings. The van der Waals surface area contributed by atoms with Crippen LogP contribution in [0.1, 0.15) is 30.5 Å². The maximum atomic E-state index is 12.4. The molecule has 1 N–H and O–H groups in total. The van der Waals surface area contributed by atoms with E-state index in [0.717, 1.165) is 29.1 Å². The largest absolute Gasteiger partial charge is 0.350 e. The molecule has 2 fully saturated rings. The topological polar surface area (TPSA) is 62.3 Å². The van der Waals surface area contributed by atoms with E-state index >= 15 is 0 Å². The molecule has 25 heavy (non-hydrogen) atoms. The number of benzene rings is 1. The maximum Gasteiger partial charge on any atom is 0.225 e. The molecule has 0 spiro atoms.